The van der Waals surface area contributed by atoms with Crippen LogP contribution in [-0.2, 0) is 10.0 Å². The van der Waals surface area contributed by atoms with Gasteiger partial charge in [0.1, 0.15) is 0 Å². The van der Waals surface area contributed by atoms with Gasteiger partial charge in [-0.05, 0) is 25.1 Å². The number of likely N-dealkylation sites (N-methyl/N-ethyl adjacent to an activating group) is 1. The number of hydrogen-bond donors (Lipinski definition) is 1. The molecule has 1 aliphatic heterocycles. The summed E-state index contributed by atoms with van der Waals surface area (Å²) in [5.74, 6) is 0. The molecule has 1 N–H and O–H groups in total. The lowest BCUT2D eigenvalue weighted by Gasteiger charge is -2.23. The van der Waals surface area contributed by atoms with Gasteiger partial charge in [-0.25, -0.2) is 8.42 Å². The van der Waals surface area contributed by atoms with Crippen LogP contribution in [-0.4, -0.2) is 43.8 Å². The molecule has 1 aliphatic rings. The molecule has 0 saturated carbocycles. The first-order valence-electron chi connectivity index (χ1n) is 5.96. The molecule has 0 radical (unpaired) electrons. The van der Waals surface area contributed by atoms with Crippen molar-refractivity contribution in [2.75, 3.05) is 20.1 Å². The highest BCUT2D eigenvalue weighted by atomic mass is 79.9. The van der Waals surface area contributed by atoms with E-state index in [0.29, 0.717) is 17.4 Å². The van der Waals surface area contributed by atoms with E-state index in [-0.39, 0.29) is 23.3 Å². The smallest absolute Gasteiger partial charge is 0.289 e. The third-order valence-corrected chi connectivity index (χ3v) is 5.76. The number of rotatable bonds is 4. The number of nitrogens with zero attached hydrogens (tertiary/aromatic N) is 2. The van der Waals surface area contributed by atoms with Crippen molar-refractivity contribution in [3.05, 3.63) is 32.8 Å². The zero-order valence-corrected chi connectivity index (χ0v) is 14.4. The quantitative estimate of drug-likeness (QED) is 0.614. The van der Waals surface area contributed by atoms with Gasteiger partial charge < -0.3 is 5.32 Å². The van der Waals surface area contributed by atoms with Crippen LogP contribution >= 0.6 is 28.3 Å². The van der Waals surface area contributed by atoms with E-state index in [4.69, 9.17) is 0 Å². The molecule has 0 aliphatic carbocycles. The number of nitrogens with one attached hydrogen (secondary N) is 1. The summed E-state index contributed by atoms with van der Waals surface area (Å²) in [7, 11) is -2.44. The highest BCUT2D eigenvalue weighted by molar-refractivity contribution is 9.10. The summed E-state index contributed by atoms with van der Waals surface area (Å²) in [5, 5.41) is 14.1. The van der Waals surface area contributed by atoms with Gasteiger partial charge in [0, 0.05) is 30.2 Å². The summed E-state index contributed by atoms with van der Waals surface area (Å²) in [5.41, 5.74) is -0.411. The second-order valence-corrected chi connectivity index (χ2v) is 7.42. The second kappa shape index (κ2) is 7.01. The lowest BCUT2D eigenvalue weighted by atomic mass is 10.3. The zero-order chi connectivity index (χ0) is 14.9. The summed E-state index contributed by atoms with van der Waals surface area (Å²) in [4.78, 5) is 10.1. The van der Waals surface area contributed by atoms with Crippen LogP contribution in [0.5, 0.6) is 0 Å². The van der Waals surface area contributed by atoms with Gasteiger partial charge in [-0.15, -0.1) is 12.4 Å². The summed E-state index contributed by atoms with van der Waals surface area (Å²) in [6, 6.07) is 3.73. The fourth-order valence-electron chi connectivity index (χ4n) is 2.15. The number of halogens is 2. The first-order valence-corrected chi connectivity index (χ1v) is 8.20. The molecule has 7 nitrogen and oxygen atoms in total. The Labute approximate surface area is 137 Å². The van der Waals surface area contributed by atoms with Crippen LogP contribution in [0.1, 0.15) is 6.42 Å². The topological polar surface area (TPSA) is 92.6 Å². The fraction of sp³-hybridized carbons (Fsp3) is 0.455. The van der Waals surface area contributed by atoms with Crippen LogP contribution < -0.4 is 5.32 Å². The van der Waals surface area contributed by atoms with Crippen molar-refractivity contribution < 1.29 is 13.3 Å². The largest absolute Gasteiger partial charge is 0.315 e. The zero-order valence-electron chi connectivity index (χ0n) is 11.2. The number of sulfonamides is 1. The van der Waals surface area contributed by atoms with Crippen molar-refractivity contribution in [3.8, 4) is 0 Å². The van der Waals surface area contributed by atoms with Crippen LogP contribution in [0.3, 0.4) is 0 Å². The van der Waals surface area contributed by atoms with E-state index in [1.165, 1.54) is 29.6 Å². The Morgan fingerprint density at radius 1 is 1.48 bits per heavy atom. The minimum Gasteiger partial charge on any atom is -0.315 e. The minimum atomic E-state index is -3.90. The first-order chi connectivity index (χ1) is 9.34. The van der Waals surface area contributed by atoms with E-state index in [0.717, 1.165) is 6.54 Å². The summed E-state index contributed by atoms with van der Waals surface area (Å²) in [6.45, 7) is 1.29. The molecule has 21 heavy (non-hydrogen) atoms. The standard InChI is InChI=1S/C11H14BrN3O4S.ClH/c1-14(9-4-5-13-7-9)20(18,19)11-6-8(12)2-3-10(11)15(16)17;/h2-3,6,9,13H,4-5,7H2,1H3;1H. The average Bonchev–Trinajstić information content (AvgIpc) is 2.91. The molecule has 1 saturated heterocycles. The molecule has 1 atom stereocenters. The highest BCUT2D eigenvalue weighted by Crippen LogP contribution is 2.30. The van der Waals surface area contributed by atoms with E-state index in [9.17, 15) is 18.5 Å². The molecule has 2 rings (SSSR count). The second-order valence-electron chi connectivity index (χ2n) is 4.54. The van der Waals surface area contributed by atoms with E-state index >= 15 is 0 Å². The van der Waals surface area contributed by atoms with Gasteiger partial charge in [0.25, 0.3) is 5.69 Å². The molecule has 0 bridgehead atoms. The first kappa shape index (κ1) is 18.3. The van der Waals surface area contributed by atoms with Crippen molar-refractivity contribution in [3.63, 3.8) is 0 Å². The van der Waals surface area contributed by atoms with Crippen molar-refractivity contribution in [1.82, 2.24) is 9.62 Å². The van der Waals surface area contributed by atoms with Crippen LogP contribution in [0.25, 0.3) is 0 Å². The van der Waals surface area contributed by atoms with Crippen LogP contribution in [0.2, 0.25) is 0 Å². The Hall–Kier alpha value is -0.740. The van der Waals surface area contributed by atoms with Gasteiger partial charge in [-0.2, -0.15) is 4.31 Å². The Morgan fingerprint density at radius 2 is 2.14 bits per heavy atom. The predicted molar refractivity (Wildman–Crippen MR) is 84.3 cm³/mol. The maximum atomic E-state index is 12.6. The lowest BCUT2D eigenvalue weighted by molar-refractivity contribution is -0.387. The number of nitro benzene ring substituents is 1. The van der Waals surface area contributed by atoms with E-state index in [1.54, 1.807) is 0 Å². The van der Waals surface area contributed by atoms with E-state index < -0.39 is 20.6 Å². The Kier molecular flexibility index (Phi) is 6.11. The number of hydrogen-bond acceptors (Lipinski definition) is 5. The molecule has 118 valence electrons. The molecule has 1 fully saturated rings. The molecular formula is C11H15BrClN3O4S. The van der Waals surface area contributed by atoms with Crippen LogP contribution in [0, 0.1) is 10.1 Å². The SMILES string of the molecule is CN(C1CCNC1)S(=O)(=O)c1cc(Br)ccc1[N+](=O)[O-].Cl. The molecule has 0 amide bonds. The van der Waals surface area contributed by atoms with Gasteiger partial charge in [-0.1, -0.05) is 15.9 Å². The Morgan fingerprint density at radius 3 is 2.67 bits per heavy atom. The molecule has 1 unspecified atom stereocenters. The predicted octanol–water partition coefficient (Wildman–Crippen LogP) is 1.76. The monoisotopic (exact) mass is 399 g/mol. The fourth-order valence-corrected chi connectivity index (χ4v) is 4.22. The van der Waals surface area contributed by atoms with Crippen LogP contribution in [0.4, 0.5) is 5.69 Å². The maximum absolute atomic E-state index is 12.6. The molecule has 0 aromatic heterocycles. The summed E-state index contributed by atoms with van der Waals surface area (Å²) >= 11 is 3.15. The highest BCUT2D eigenvalue weighted by Gasteiger charge is 2.34. The molecule has 1 aromatic carbocycles. The van der Waals surface area contributed by atoms with Gasteiger partial charge in [0.2, 0.25) is 10.0 Å². The maximum Gasteiger partial charge on any atom is 0.289 e. The lowest BCUT2D eigenvalue weighted by Crippen LogP contribution is -2.38. The summed E-state index contributed by atoms with van der Waals surface area (Å²) < 4.78 is 26.8. The van der Waals surface area contributed by atoms with Crippen molar-refractivity contribution in [2.45, 2.75) is 17.4 Å². The minimum absolute atomic E-state index is 0. The van der Waals surface area contributed by atoms with Crippen molar-refractivity contribution in [2.24, 2.45) is 0 Å². The number of nitro groups is 1. The van der Waals surface area contributed by atoms with Gasteiger partial charge in [-0.3, -0.25) is 10.1 Å². The molecular weight excluding hydrogens is 386 g/mol. The van der Waals surface area contributed by atoms with Gasteiger partial charge in [0.15, 0.2) is 4.90 Å². The van der Waals surface area contributed by atoms with Gasteiger partial charge >= 0.3 is 0 Å². The normalized spacial score (nSPS) is 18.5. The third kappa shape index (κ3) is 3.72. The average molecular weight is 401 g/mol. The molecule has 1 aromatic rings. The van der Waals surface area contributed by atoms with E-state index in [2.05, 4.69) is 21.2 Å². The molecule has 1 heterocycles. The Bertz CT molecular complexity index is 634. The van der Waals surface area contributed by atoms with Crippen molar-refractivity contribution in [1.29, 1.82) is 0 Å². The van der Waals surface area contributed by atoms with Gasteiger partial charge in [0.05, 0.1) is 4.92 Å². The molecule has 0 spiro atoms. The van der Waals surface area contributed by atoms with Crippen molar-refractivity contribution >= 4 is 44.0 Å². The van der Waals surface area contributed by atoms with E-state index in [1.807, 2.05) is 0 Å². The number of benzene rings is 1. The van der Waals surface area contributed by atoms with Crippen LogP contribution in [0.15, 0.2) is 27.6 Å². The molecule has 10 heteroatoms. The third-order valence-electron chi connectivity index (χ3n) is 3.32. The Balaban J connectivity index is 0.00000220. The summed E-state index contributed by atoms with van der Waals surface area (Å²) in [6.07, 6.45) is 0.692.